The summed E-state index contributed by atoms with van der Waals surface area (Å²) in [6, 6.07) is 6.14. The Morgan fingerprint density at radius 2 is 1.18 bits per heavy atom. The van der Waals surface area contributed by atoms with Gasteiger partial charge < -0.3 is 27.8 Å². The number of carbonyl (C=O) groups excluding carboxylic acids is 4. The van der Waals surface area contributed by atoms with Gasteiger partial charge in [0.15, 0.2) is 0 Å². The first-order chi connectivity index (χ1) is 15.5. The number of ether oxygens (including phenoxy) is 4. The van der Waals surface area contributed by atoms with E-state index >= 15 is 0 Å². The number of hydrogen-bond acceptors (Lipinski definition) is 10. The van der Waals surface area contributed by atoms with Crippen molar-refractivity contribution in [2.45, 2.75) is 73.4 Å². The van der Waals surface area contributed by atoms with Gasteiger partial charge in [-0.25, -0.2) is 9.59 Å². The first-order valence-electron chi connectivity index (χ1n) is 10.4. The minimum Gasteiger partial charge on any atom is -0.458 e. The Labute approximate surface area is 192 Å². The zero-order valence-electron chi connectivity index (χ0n) is 19.7. The lowest BCUT2D eigenvalue weighted by molar-refractivity contribution is -0.145. The second-order valence-electron chi connectivity index (χ2n) is 7.23. The summed E-state index contributed by atoms with van der Waals surface area (Å²) in [5.41, 5.74) is 0. The van der Waals surface area contributed by atoms with E-state index in [0.717, 1.165) is 0 Å². The number of carbonyl (C=O) groups is 4. The van der Waals surface area contributed by atoms with E-state index in [1.54, 1.807) is 46.8 Å². The Bertz CT molecular complexity index is 919. The van der Waals surface area contributed by atoms with Crippen LogP contribution in [0, 0.1) is 0 Å². The Morgan fingerprint density at radius 1 is 0.758 bits per heavy atom. The molecule has 0 aromatic carbocycles. The monoisotopic (exact) mass is 466 g/mol. The molecule has 0 aliphatic heterocycles. The summed E-state index contributed by atoms with van der Waals surface area (Å²) in [6.07, 6.45) is -0.0911. The van der Waals surface area contributed by atoms with Gasteiger partial charge in [-0.2, -0.15) is 0 Å². The van der Waals surface area contributed by atoms with Crippen molar-refractivity contribution in [3.8, 4) is 0 Å². The Kier molecular flexibility index (Phi) is 11.5. The maximum atomic E-state index is 11.4. The maximum Gasteiger partial charge on any atom is 0.374 e. The molecule has 0 spiro atoms. The van der Waals surface area contributed by atoms with Gasteiger partial charge in [-0.15, -0.1) is 0 Å². The Hall–Kier alpha value is -3.56. The zero-order valence-corrected chi connectivity index (χ0v) is 19.7. The molecule has 10 nitrogen and oxygen atoms in total. The molecule has 0 amide bonds. The van der Waals surface area contributed by atoms with E-state index in [9.17, 15) is 19.2 Å². The lowest BCUT2D eigenvalue weighted by Crippen LogP contribution is -2.10. The van der Waals surface area contributed by atoms with Gasteiger partial charge in [0.1, 0.15) is 24.7 Å². The molecular weight excluding hydrogens is 436 g/mol. The van der Waals surface area contributed by atoms with E-state index in [1.165, 1.54) is 19.1 Å². The van der Waals surface area contributed by atoms with E-state index < -0.39 is 17.9 Å². The fourth-order valence-corrected chi connectivity index (χ4v) is 2.10. The van der Waals surface area contributed by atoms with Crippen molar-refractivity contribution in [1.29, 1.82) is 0 Å². The first-order valence-corrected chi connectivity index (χ1v) is 10.4. The van der Waals surface area contributed by atoms with Gasteiger partial charge in [0.25, 0.3) is 0 Å². The quantitative estimate of drug-likeness (QED) is 0.391. The van der Waals surface area contributed by atoms with Crippen molar-refractivity contribution in [2.24, 2.45) is 0 Å². The van der Waals surface area contributed by atoms with E-state index in [4.69, 9.17) is 27.8 Å². The summed E-state index contributed by atoms with van der Waals surface area (Å²) in [7, 11) is 0. The molecule has 2 rings (SSSR count). The Morgan fingerprint density at radius 3 is 1.55 bits per heavy atom. The molecule has 0 saturated heterocycles. The van der Waals surface area contributed by atoms with E-state index in [1.807, 2.05) is 0 Å². The number of furan rings is 2. The molecular formula is C23H30O10. The second-order valence-corrected chi connectivity index (χ2v) is 7.23. The highest BCUT2D eigenvalue weighted by atomic mass is 16.6. The van der Waals surface area contributed by atoms with E-state index in [-0.39, 0.29) is 42.9 Å². The third-order valence-corrected chi connectivity index (χ3v) is 3.49. The normalized spacial score (nSPS) is 10.3. The van der Waals surface area contributed by atoms with Crippen LogP contribution >= 0.6 is 0 Å². The molecule has 2 aromatic heterocycles. The third kappa shape index (κ3) is 11.0. The van der Waals surface area contributed by atoms with Crippen molar-refractivity contribution < 1.29 is 47.0 Å². The molecule has 0 N–H and O–H groups in total. The third-order valence-electron chi connectivity index (χ3n) is 3.49. The van der Waals surface area contributed by atoms with Crippen molar-refractivity contribution in [1.82, 2.24) is 0 Å². The predicted octanol–water partition coefficient (Wildman–Crippen LogP) is 4.21. The fourth-order valence-electron chi connectivity index (χ4n) is 2.10. The summed E-state index contributed by atoms with van der Waals surface area (Å²) >= 11 is 0. The molecule has 2 aromatic rings. The zero-order chi connectivity index (χ0) is 25.0. The lowest BCUT2D eigenvalue weighted by atomic mass is 10.4. The standard InChI is InChI=1S/C12H16O5.C11H14O5/c1-4-11(13)15-7-9-5-6-10(17-9)12(14)16-8(2)3;1-7(2)15-11(13)10-5-4-9(16-10)6-14-8(3)12/h5-6,8H,4,7H2,1-3H3;4-5,7H,6H2,1-3H3. The smallest absolute Gasteiger partial charge is 0.374 e. The summed E-state index contributed by atoms with van der Waals surface area (Å²) in [6.45, 7) is 10.1. The summed E-state index contributed by atoms with van der Waals surface area (Å²) < 4.78 is 29.8. The molecule has 33 heavy (non-hydrogen) atoms. The van der Waals surface area contributed by atoms with Gasteiger partial charge in [-0.05, 0) is 52.0 Å². The summed E-state index contributed by atoms with van der Waals surface area (Å²) in [5, 5.41) is 0. The molecule has 182 valence electrons. The van der Waals surface area contributed by atoms with Crippen molar-refractivity contribution in [2.75, 3.05) is 0 Å². The molecule has 0 fully saturated rings. The summed E-state index contributed by atoms with van der Waals surface area (Å²) in [5.74, 6) is -0.710. The minimum atomic E-state index is -0.524. The molecule has 0 unspecified atom stereocenters. The van der Waals surface area contributed by atoms with Crippen LogP contribution in [0.25, 0.3) is 0 Å². The SMILES string of the molecule is CC(=O)OCc1ccc(C(=O)OC(C)C)o1.CCC(=O)OCc1ccc(C(=O)OC(C)C)o1. The molecule has 0 atom stereocenters. The van der Waals surface area contributed by atoms with Crippen LogP contribution in [-0.4, -0.2) is 36.1 Å². The van der Waals surface area contributed by atoms with Crippen LogP contribution in [0.5, 0.6) is 0 Å². The number of rotatable bonds is 9. The predicted molar refractivity (Wildman–Crippen MR) is 114 cm³/mol. The number of esters is 4. The minimum absolute atomic E-state index is 0.0181. The van der Waals surface area contributed by atoms with E-state index in [2.05, 4.69) is 0 Å². The van der Waals surface area contributed by atoms with Crippen LogP contribution < -0.4 is 0 Å². The fraction of sp³-hybridized carbons (Fsp3) is 0.478. The van der Waals surface area contributed by atoms with Crippen LogP contribution in [0.2, 0.25) is 0 Å². The summed E-state index contributed by atoms with van der Waals surface area (Å²) in [4.78, 5) is 44.3. The van der Waals surface area contributed by atoms with Crippen molar-refractivity contribution >= 4 is 23.9 Å². The van der Waals surface area contributed by atoms with Gasteiger partial charge in [0.05, 0.1) is 12.2 Å². The molecule has 0 aliphatic rings. The Balaban J connectivity index is 0.000000331. The van der Waals surface area contributed by atoms with Crippen molar-refractivity contribution in [3.05, 3.63) is 47.3 Å². The second kappa shape index (κ2) is 13.8. The van der Waals surface area contributed by atoms with Gasteiger partial charge >= 0.3 is 23.9 Å². The van der Waals surface area contributed by atoms with Gasteiger partial charge in [0, 0.05) is 13.3 Å². The van der Waals surface area contributed by atoms with Crippen LogP contribution in [0.15, 0.2) is 33.1 Å². The van der Waals surface area contributed by atoms with Gasteiger partial charge in [0.2, 0.25) is 11.5 Å². The van der Waals surface area contributed by atoms with Gasteiger partial charge in [-0.3, -0.25) is 9.59 Å². The highest BCUT2D eigenvalue weighted by Crippen LogP contribution is 2.12. The average molecular weight is 466 g/mol. The highest BCUT2D eigenvalue weighted by Gasteiger charge is 2.15. The van der Waals surface area contributed by atoms with Crippen LogP contribution in [0.3, 0.4) is 0 Å². The van der Waals surface area contributed by atoms with Crippen LogP contribution in [-0.2, 0) is 41.8 Å². The molecule has 0 radical (unpaired) electrons. The average Bonchev–Trinajstić information content (AvgIpc) is 3.39. The van der Waals surface area contributed by atoms with E-state index in [0.29, 0.717) is 17.9 Å². The van der Waals surface area contributed by atoms with Gasteiger partial charge in [-0.1, -0.05) is 6.92 Å². The molecule has 0 saturated carbocycles. The molecule has 0 bridgehead atoms. The molecule has 10 heteroatoms. The first kappa shape index (κ1) is 27.5. The van der Waals surface area contributed by atoms with Crippen LogP contribution in [0.1, 0.15) is 80.6 Å². The largest absolute Gasteiger partial charge is 0.458 e. The molecule has 0 aliphatic carbocycles. The van der Waals surface area contributed by atoms with Crippen LogP contribution in [0.4, 0.5) is 0 Å². The highest BCUT2D eigenvalue weighted by molar-refractivity contribution is 5.86. The molecule has 2 heterocycles. The maximum absolute atomic E-state index is 11.4. The van der Waals surface area contributed by atoms with Crippen molar-refractivity contribution in [3.63, 3.8) is 0 Å². The topological polar surface area (TPSA) is 131 Å². The number of hydrogen-bond donors (Lipinski definition) is 0. The lowest BCUT2D eigenvalue weighted by Gasteiger charge is -2.05.